The van der Waals surface area contributed by atoms with Gasteiger partial charge in [0.05, 0.1) is 19.0 Å². The van der Waals surface area contributed by atoms with Crippen LogP contribution in [0.4, 0.5) is 0 Å². The number of nitrogens with zero attached hydrogens (tertiary/aromatic N) is 7. The Morgan fingerprint density at radius 2 is 0.846 bits per heavy atom. The van der Waals surface area contributed by atoms with Crippen LogP contribution in [-0.4, -0.2) is 248 Å². The van der Waals surface area contributed by atoms with E-state index in [-0.39, 0.29) is 62.2 Å². The summed E-state index contributed by atoms with van der Waals surface area (Å²) in [6, 6.07) is -15.1. The van der Waals surface area contributed by atoms with E-state index in [1.165, 1.54) is 82.8 Å². The van der Waals surface area contributed by atoms with Gasteiger partial charge in [0.2, 0.25) is 65.0 Å². The van der Waals surface area contributed by atoms with Crippen molar-refractivity contribution >= 4 is 75.1 Å². The molecule has 1 fully saturated rings. The Balaban J connectivity index is 4.54. The molecule has 0 aromatic carbocycles. The minimum Gasteiger partial charge on any atom is -0.390 e. The van der Waals surface area contributed by atoms with Crippen molar-refractivity contribution in [3.05, 3.63) is 12.2 Å². The zero-order valence-electron chi connectivity index (χ0n) is 59.3. The molecule has 1 aliphatic rings. The summed E-state index contributed by atoms with van der Waals surface area (Å²) >= 11 is 0. The molecule has 1 unspecified atom stereocenters. The molecular formula is C64H115N11O15S. The van der Waals surface area contributed by atoms with E-state index in [1.807, 2.05) is 41.5 Å². The van der Waals surface area contributed by atoms with Crippen molar-refractivity contribution in [2.75, 3.05) is 62.2 Å². The molecule has 1 heterocycles. The van der Waals surface area contributed by atoms with Crippen LogP contribution in [-0.2, 0) is 67.0 Å². The van der Waals surface area contributed by atoms with Gasteiger partial charge in [-0.25, -0.2) is 0 Å². The molecule has 5 N–H and O–H groups in total. The second kappa shape index (κ2) is 36.9. The first kappa shape index (κ1) is 82.8. The second-order valence-electron chi connectivity index (χ2n) is 27.3. The van der Waals surface area contributed by atoms with Gasteiger partial charge < -0.3 is 60.7 Å². The number of aliphatic hydroxyl groups excluding tert-OH is 1. The Morgan fingerprint density at radius 1 is 0.462 bits per heavy atom. The van der Waals surface area contributed by atoms with Gasteiger partial charge in [-0.05, 0) is 101 Å². The summed E-state index contributed by atoms with van der Waals surface area (Å²) < 4.78 is 30.4. The van der Waals surface area contributed by atoms with E-state index in [0.717, 1.165) is 21.0 Å². The maximum Gasteiger partial charge on any atom is 0.264 e. The molecule has 91 heavy (non-hydrogen) atoms. The molecule has 0 aliphatic carbocycles. The van der Waals surface area contributed by atoms with E-state index in [9.17, 15) is 47.1 Å². The average molecular weight is 1310 g/mol. The van der Waals surface area contributed by atoms with Gasteiger partial charge in [-0.2, -0.15) is 8.42 Å². The van der Waals surface area contributed by atoms with Crippen molar-refractivity contribution in [3.8, 4) is 0 Å². The molecule has 13 atom stereocenters. The first-order valence-electron chi connectivity index (χ1n) is 32.0. The predicted molar refractivity (Wildman–Crippen MR) is 348 cm³/mol. The lowest BCUT2D eigenvalue weighted by Crippen LogP contribution is -2.64. The summed E-state index contributed by atoms with van der Waals surface area (Å²) in [6.07, 6.45) is 3.07. The Kier molecular flexibility index (Phi) is 33.5. The fourth-order valence-electron chi connectivity index (χ4n) is 11.2. The number of allylic oxidation sites excluding steroid dienone is 2. The van der Waals surface area contributed by atoms with Gasteiger partial charge in [0.25, 0.3) is 10.1 Å². The first-order valence-corrected chi connectivity index (χ1v) is 33.9. The van der Waals surface area contributed by atoms with Crippen molar-refractivity contribution in [2.45, 2.75) is 229 Å². The maximum atomic E-state index is 15.3. The molecule has 0 saturated carbocycles. The predicted octanol–water partition coefficient (Wildman–Crippen LogP) is 2.61. The summed E-state index contributed by atoms with van der Waals surface area (Å²) in [5.41, 5.74) is 0. The summed E-state index contributed by atoms with van der Waals surface area (Å²) in [5, 5.41) is 23.0. The van der Waals surface area contributed by atoms with Crippen LogP contribution in [0.3, 0.4) is 0 Å². The van der Waals surface area contributed by atoms with E-state index < -0.39 is 172 Å². The Labute approximate surface area is 543 Å². The number of aliphatic hydroxyl groups is 1. The fourth-order valence-corrected chi connectivity index (χ4v) is 11.6. The van der Waals surface area contributed by atoms with Crippen LogP contribution in [0, 0.1) is 41.4 Å². The van der Waals surface area contributed by atoms with Gasteiger partial charge in [-0.1, -0.05) is 109 Å². The lowest BCUT2D eigenvalue weighted by atomic mass is 9.91. The highest BCUT2D eigenvalue weighted by molar-refractivity contribution is 7.86. The van der Waals surface area contributed by atoms with Gasteiger partial charge >= 0.3 is 0 Å². The number of nitrogens with one attached hydrogen (secondary N) is 4. The van der Waals surface area contributed by atoms with E-state index in [2.05, 4.69) is 21.3 Å². The number of rotatable bonds is 18. The Morgan fingerprint density at radius 3 is 1.27 bits per heavy atom. The lowest BCUT2D eigenvalue weighted by molar-refractivity contribution is -0.157. The van der Waals surface area contributed by atoms with Crippen LogP contribution in [0.25, 0.3) is 0 Å². The van der Waals surface area contributed by atoms with Crippen molar-refractivity contribution in [3.63, 3.8) is 0 Å². The van der Waals surface area contributed by atoms with Crippen molar-refractivity contribution in [1.29, 1.82) is 0 Å². The number of carbonyl (C=O) groups excluding carboxylic acids is 11. The van der Waals surface area contributed by atoms with Gasteiger partial charge in [-0.3, -0.25) is 56.9 Å². The summed E-state index contributed by atoms with van der Waals surface area (Å²) in [7, 11) is 5.10. The van der Waals surface area contributed by atoms with E-state index in [4.69, 9.17) is 4.18 Å². The SMILES string of the molecule is CC=CC[C@@H](C)[C@@H](O)[C@H]1C(=O)N[C@@H](CC)C(=O)N(C)C(COS(C)(=O)=O)C(=O)N(C)[C@@H](CC(C)C)C(=O)N[C@@H](C(C)C)C(=O)N(C)[C@@H](CC(C)C)C(=O)N[C@@H](C)C(=O)N[C@H](C)C(=O)N(C)[C@@H](CC(C)C)C(=O)N(C)[C@@H](CC(C)C)C(=O)N(C)[C@@H](C(C)C)C(=O)N1C. The molecule has 0 radical (unpaired) electrons. The average Bonchev–Trinajstić information content (AvgIpc) is 1.33. The zero-order chi connectivity index (χ0) is 70.8. The zero-order valence-corrected chi connectivity index (χ0v) is 60.1. The van der Waals surface area contributed by atoms with Crippen molar-refractivity contribution in [1.82, 2.24) is 55.6 Å². The third kappa shape index (κ3) is 23.7. The van der Waals surface area contributed by atoms with Crippen LogP contribution in [0.2, 0.25) is 0 Å². The highest BCUT2D eigenvalue weighted by Gasteiger charge is 2.46. The monoisotopic (exact) mass is 1310 g/mol. The molecule has 0 aromatic heterocycles. The molecule has 0 aromatic rings. The number of amides is 11. The molecule has 0 bridgehead atoms. The summed E-state index contributed by atoms with van der Waals surface area (Å²) in [6.45, 7) is 28.2. The maximum absolute atomic E-state index is 15.3. The molecule has 1 rings (SSSR count). The standard InChI is InChI=1S/C64H115N11O15S/c1-26-28-29-41(15)53(76)52-57(80)67-44(27-2)59(82)73(22)49(34-90-91(25,88)89)62(85)69(18)46(31-36(5)6)56(79)68-50(39(11)12)63(86)70(19)45(30-35(3)4)55(78)65-42(16)54(77)66-43(17)58(81)71(20)47(32-37(7)8)60(83)72(21)48(33-38(9)10)61(84)74(23)51(40(13)14)64(87)75(52)24/h26,28,35-53,76H,27,29-34H2,1-25H3,(H,65,78)(H,66,77)(H,67,80)(H,68,79)/t41-,42+,43-,44+,45+,46+,47+,48+,49?,50+,51+,52+,53-/m1/s1. The van der Waals surface area contributed by atoms with Crippen molar-refractivity contribution in [2.24, 2.45) is 41.4 Å². The summed E-state index contributed by atoms with van der Waals surface area (Å²) in [4.78, 5) is 170. The minimum atomic E-state index is -4.30. The van der Waals surface area contributed by atoms with E-state index in [0.29, 0.717) is 0 Å². The summed E-state index contributed by atoms with van der Waals surface area (Å²) in [5.74, 6) is -11.4. The van der Waals surface area contributed by atoms with Gasteiger partial charge in [0.15, 0.2) is 0 Å². The lowest BCUT2D eigenvalue weighted by Gasteiger charge is -2.41. The van der Waals surface area contributed by atoms with Crippen LogP contribution in [0.5, 0.6) is 0 Å². The second-order valence-corrected chi connectivity index (χ2v) is 28.9. The van der Waals surface area contributed by atoms with Crippen molar-refractivity contribution < 1.29 is 70.4 Å². The van der Waals surface area contributed by atoms with Crippen LogP contribution < -0.4 is 21.3 Å². The number of hydrogen-bond donors (Lipinski definition) is 5. The molecule has 1 saturated heterocycles. The van der Waals surface area contributed by atoms with Gasteiger partial charge in [0.1, 0.15) is 66.5 Å². The molecule has 1 aliphatic heterocycles. The molecule has 0 spiro atoms. The number of hydrogen-bond acceptors (Lipinski definition) is 15. The quantitative estimate of drug-likeness (QED) is 0.0973. The third-order valence-corrected chi connectivity index (χ3v) is 17.4. The topological polar surface area (TPSA) is 322 Å². The number of likely N-dealkylation sites (N-methyl/N-ethyl adjacent to an activating group) is 7. The largest absolute Gasteiger partial charge is 0.390 e. The first-order chi connectivity index (χ1) is 41.8. The third-order valence-electron chi connectivity index (χ3n) is 16.8. The van der Waals surface area contributed by atoms with Gasteiger partial charge in [-0.15, -0.1) is 0 Å². The molecular weight excluding hydrogens is 1190 g/mol. The fraction of sp³-hybridized carbons (Fsp3) is 0.797. The Bertz CT molecular complexity index is 2650. The van der Waals surface area contributed by atoms with Crippen LogP contribution >= 0.6 is 0 Å². The van der Waals surface area contributed by atoms with E-state index in [1.54, 1.807) is 74.5 Å². The van der Waals surface area contributed by atoms with E-state index >= 15 is 19.2 Å². The Hall–Kier alpha value is -6.22. The van der Waals surface area contributed by atoms with Crippen LogP contribution in [0.1, 0.15) is 156 Å². The number of carbonyl (C=O) groups is 11. The molecule has 26 nitrogen and oxygen atoms in total. The van der Waals surface area contributed by atoms with Crippen LogP contribution in [0.15, 0.2) is 12.2 Å². The molecule has 27 heteroatoms. The molecule has 522 valence electrons. The highest BCUT2D eigenvalue weighted by atomic mass is 32.2. The smallest absolute Gasteiger partial charge is 0.264 e. The highest BCUT2D eigenvalue weighted by Crippen LogP contribution is 2.26. The molecule has 11 amide bonds. The van der Waals surface area contributed by atoms with Gasteiger partial charge in [0, 0.05) is 49.3 Å². The minimum absolute atomic E-state index is 0.0109. The normalized spacial score (nSPS) is 26.9.